The molecule has 0 saturated heterocycles. The van der Waals surface area contributed by atoms with Gasteiger partial charge < -0.3 is 9.64 Å². The van der Waals surface area contributed by atoms with Crippen LogP contribution in [0.3, 0.4) is 0 Å². The van der Waals surface area contributed by atoms with Crippen molar-refractivity contribution in [3.05, 3.63) is 0 Å². The first-order valence-electron chi connectivity index (χ1n) is 6.90. The number of hydrogen-bond donors (Lipinski definition) is 0. The Morgan fingerprint density at radius 1 is 1.12 bits per heavy atom. The van der Waals surface area contributed by atoms with Gasteiger partial charge in [-0.2, -0.15) is 0 Å². The van der Waals surface area contributed by atoms with Crippen molar-refractivity contribution in [1.29, 1.82) is 0 Å². The molecule has 17 heavy (non-hydrogen) atoms. The lowest BCUT2D eigenvalue weighted by Gasteiger charge is -2.33. The lowest BCUT2D eigenvalue weighted by Crippen LogP contribution is -2.48. The second-order valence-corrected chi connectivity index (χ2v) is 4.79. The number of rotatable bonds is 9. The van der Waals surface area contributed by atoms with Crippen LogP contribution in [-0.4, -0.2) is 36.6 Å². The molecule has 0 aliphatic heterocycles. The molecule has 0 aromatic rings. The van der Waals surface area contributed by atoms with Crippen LogP contribution in [0.1, 0.15) is 59.8 Å². The SMILES string of the molecule is CCCCN(CCCC)C(=O)C(C)(CC)OC. The second-order valence-electron chi connectivity index (χ2n) is 4.79. The Hall–Kier alpha value is -0.570. The van der Waals surface area contributed by atoms with Crippen molar-refractivity contribution in [3.8, 4) is 0 Å². The van der Waals surface area contributed by atoms with Gasteiger partial charge >= 0.3 is 0 Å². The number of carbonyl (C=O) groups excluding carboxylic acids is 1. The number of methoxy groups -OCH3 is 1. The number of hydrogen-bond acceptors (Lipinski definition) is 2. The van der Waals surface area contributed by atoms with Gasteiger partial charge in [-0.1, -0.05) is 33.6 Å². The summed E-state index contributed by atoms with van der Waals surface area (Å²) in [5.41, 5.74) is -0.651. The highest BCUT2D eigenvalue weighted by molar-refractivity contribution is 5.84. The molecule has 0 N–H and O–H groups in total. The summed E-state index contributed by atoms with van der Waals surface area (Å²) in [7, 11) is 1.62. The van der Waals surface area contributed by atoms with Crippen molar-refractivity contribution in [2.45, 2.75) is 65.4 Å². The molecule has 0 aromatic heterocycles. The average molecular weight is 243 g/mol. The summed E-state index contributed by atoms with van der Waals surface area (Å²) in [5, 5.41) is 0. The minimum absolute atomic E-state index is 0.143. The molecule has 0 bridgehead atoms. The van der Waals surface area contributed by atoms with E-state index >= 15 is 0 Å². The molecule has 1 amide bonds. The smallest absolute Gasteiger partial charge is 0.254 e. The van der Waals surface area contributed by atoms with Gasteiger partial charge in [0.1, 0.15) is 5.60 Å². The molecule has 0 fully saturated rings. The fourth-order valence-corrected chi connectivity index (χ4v) is 1.73. The van der Waals surface area contributed by atoms with Gasteiger partial charge in [0.15, 0.2) is 0 Å². The number of unbranched alkanes of at least 4 members (excludes halogenated alkanes) is 2. The largest absolute Gasteiger partial charge is 0.369 e. The van der Waals surface area contributed by atoms with Gasteiger partial charge in [-0.15, -0.1) is 0 Å². The molecule has 3 nitrogen and oxygen atoms in total. The normalized spacial score (nSPS) is 14.4. The van der Waals surface area contributed by atoms with E-state index in [0.717, 1.165) is 45.2 Å². The van der Waals surface area contributed by atoms with E-state index in [1.807, 2.05) is 18.7 Å². The maximum Gasteiger partial charge on any atom is 0.254 e. The Balaban J connectivity index is 4.59. The maximum atomic E-state index is 12.4. The van der Waals surface area contributed by atoms with Crippen LogP contribution in [0.15, 0.2) is 0 Å². The van der Waals surface area contributed by atoms with Crippen molar-refractivity contribution in [3.63, 3.8) is 0 Å². The quantitative estimate of drug-likeness (QED) is 0.622. The number of amides is 1. The van der Waals surface area contributed by atoms with E-state index in [1.165, 1.54) is 0 Å². The van der Waals surface area contributed by atoms with Crippen molar-refractivity contribution in [2.75, 3.05) is 20.2 Å². The zero-order chi connectivity index (χ0) is 13.3. The highest BCUT2D eigenvalue weighted by Crippen LogP contribution is 2.18. The van der Waals surface area contributed by atoms with Crippen LogP contribution in [0, 0.1) is 0 Å². The predicted octanol–water partition coefficient (Wildman–Crippen LogP) is 3.23. The molecular formula is C14H29NO2. The number of carbonyl (C=O) groups is 1. The summed E-state index contributed by atoms with van der Waals surface area (Å²) < 4.78 is 5.40. The van der Waals surface area contributed by atoms with Gasteiger partial charge in [0, 0.05) is 20.2 Å². The highest BCUT2D eigenvalue weighted by Gasteiger charge is 2.34. The Morgan fingerprint density at radius 3 is 1.88 bits per heavy atom. The summed E-state index contributed by atoms with van der Waals surface area (Å²) in [6.45, 7) is 9.90. The second kappa shape index (κ2) is 8.51. The lowest BCUT2D eigenvalue weighted by molar-refractivity contribution is -0.153. The van der Waals surface area contributed by atoms with Gasteiger partial charge in [-0.3, -0.25) is 4.79 Å². The van der Waals surface area contributed by atoms with E-state index in [2.05, 4.69) is 13.8 Å². The van der Waals surface area contributed by atoms with Crippen LogP contribution in [0.2, 0.25) is 0 Å². The third-order valence-electron chi connectivity index (χ3n) is 3.43. The highest BCUT2D eigenvalue weighted by atomic mass is 16.5. The van der Waals surface area contributed by atoms with Crippen LogP contribution in [0.25, 0.3) is 0 Å². The van der Waals surface area contributed by atoms with Gasteiger partial charge in [-0.05, 0) is 26.2 Å². The van der Waals surface area contributed by atoms with Crippen LogP contribution >= 0.6 is 0 Å². The third-order valence-corrected chi connectivity index (χ3v) is 3.43. The topological polar surface area (TPSA) is 29.5 Å². The van der Waals surface area contributed by atoms with Crippen LogP contribution in [0.4, 0.5) is 0 Å². The van der Waals surface area contributed by atoms with E-state index in [4.69, 9.17) is 4.74 Å². The minimum Gasteiger partial charge on any atom is -0.369 e. The van der Waals surface area contributed by atoms with E-state index in [-0.39, 0.29) is 5.91 Å². The third kappa shape index (κ3) is 5.07. The van der Waals surface area contributed by atoms with Gasteiger partial charge in [0.05, 0.1) is 0 Å². The molecular weight excluding hydrogens is 214 g/mol. The zero-order valence-electron chi connectivity index (χ0n) is 12.2. The van der Waals surface area contributed by atoms with E-state index in [9.17, 15) is 4.79 Å². The Kier molecular flexibility index (Phi) is 8.23. The molecule has 0 aliphatic carbocycles. The summed E-state index contributed by atoms with van der Waals surface area (Å²) >= 11 is 0. The monoisotopic (exact) mass is 243 g/mol. The molecule has 0 radical (unpaired) electrons. The summed E-state index contributed by atoms with van der Waals surface area (Å²) in [6, 6.07) is 0. The van der Waals surface area contributed by atoms with Crippen molar-refractivity contribution < 1.29 is 9.53 Å². The van der Waals surface area contributed by atoms with Crippen LogP contribution < -0.4 is 0 Å². The fraction of sp³-hybridized carbons (Fsp3) is 0.929. The molecule has 0 aliphatic rings. The standard InChI is InChI=1S/C14H29NO2/c1-6-9-11-15(12-10-7-2)13(16)14(4,8-3)17-5/h6-12H2,1-5H3. The molecule has 0 heterocycles. The van der Waals surface area contributed by atoms with Crippen LogP contribution in [0.5, 0.6) is 0 Å². The van der Waals surface area contributed by atoms with Crippen LogP contribution in [-0.2, 0) is 9.53 Å². The van der Waals surface area contributed by atoms with Crippen molar-refractivity contribution >= 4 is 5.91 Å². The fourth-order valence-electron chi connectivity index (χ4n) is 1.73. The van der Waals surface area contributed by atoms with Crippen molar-refractivity contribution in [2.24, 2.45) is 0 Å². The molecule has 0 aromatic carbocycles. The summed E-state index contributed by atoms with van der Waals surface area (Å²) in [4.78, 5) is 14.4. The minimum atomic E-state index is -0.651. The zero-order valence-corrected chi connectivity index (χ0v) is 12.2. The molecule has 1 atom stereocenters. The van der Waals surface area contributed by atoms with Gasteiger partial charge in [0.2, 0.25) is 0 Å². The molecule has 0 spiro atoms. The first-order chi connectivity index (χ1) is 8.05. The predicted molar refractivity (Wildman–Crippen MR) is 72.1 cm³/mol. The summed E-state index contributed by atoms with van der Waals surface area (Å²) in [5.74, 6) is 0.143. The molecule has 102 valence electrons. The lowest BCUT2D eigenvalue weighted by atomic mass is 10.0. The molecule has 0 saturated carbocycles. The molecule has 1 unspecified atom stereocenters. The maximum absolute atomic E-state index is 12.4. The molecule has 0 rings (SSSR count). The summed E-state index contributed by atoms with van der Waals surface area (Å²) in [6.07, 6.45) is 5.09. The number of nitrogens with zero attached hydrogens (tertiary/aromatic N) is 1. The van der Waals surface area contributed by atoms with Crippen molar-refractivity contribution in [1.82, 2.24) is 4.90 Å². The van der Waals surface area contributed by atoms with Gasteiger partial charge in [-0.25, -0.2) is 0 Å². The Bertz CT molecular complexity index is 204. The Labute approximate surface area is 107 Å². The van der Waals surface area contributed by atoms with E-state index in [1.54, 1.807) is 7.11 Å². The van der Waals surface area contributed by atoms with E-state index < -0.39 is 5.60 Å². The van der Waals surface area contributed by atoms with Gasteiger partial charge in [0.25, 0.3) is 5.91 Å². The van der Waals surface area contributed by atoms with E-state index in [0.29, 0.717) is 0 Å². The number of ether oxygens (including phenoxy) is 1. The first-order valence-corrected chi connectivity index (χ1v) is 6.90. The Morgan fingerprint density at radius 2 is 1.59 bits per heavy atom. The average Bonchev–Trinajstić information content (AvgIpc) is 2.37. The molecule has 3 heteroatoms. The first kappa shape index (κ1) is 16.4.